The van der Waals surface area contributed by atoms with Gasteiger partial charge in [-0.25, -0.2) is 14.4 Å². The van der Waals surface area contributed by atoms with Gasteiger partial charge in [-0.1, -0.05) is 0 Å². The molecule has 0 aromatic heterocycles. The minimum atomic E-state index is -1.83. The van der Waals surface area contributed by atoms with E-state index in [0.717, 1.165) is 0 Å². The van der Waals surface area contributed by atoms with Gasteiger partial charge in [0.2, 0.25) is 0 Å². The molecule has 0 rings (SSSR count). The summed E-state index contributed by atoms with van der Waals surface area (Å²) in [6, 6.07) is 0. The summed E-state index contributed by atoms with van der Waals surface area (Å²) < 4.78 is 0. The monoisotopic (exact) mass is 238 g/mol. The third kappa shape index (κ3) is 110. The molecule has 0 aromatic rings. The average Bonchev–Trinajstić information content (AvgIpc) is 1.87. The molecule has 14 heavy (non-hydrogen) atoms. The van der Waals surface area contributed by atoms with Crippen LogP contribution in [0, 0.1) is 0 Å². The zero-order valence-electron chi connectivity index (χ0n) is 7.95. The Bertz CT molecular complexity index is 177. The molecule has 10 heteroatoms. The maximum Gasteiger partial charge on any atom is 1.00 e. The zero-order valence-corrected chi connectivity index (χ0v) is 10.1. The summed E-state index contributed by atoms with van der Waals surface area (Å²) in [4.78, 5) is 35.1. The van der Waals surface area contributed by atoms with Crippen molar-refractivity contribution in [2.45, 2.75) is 0 Å². The molecule has 0 saturated heterocycles. The van der Waals surface area contributed by atoms with Gasteiger partial charge in [0, 0.05) is 0 Å². The SMILES string of the molecule is O=C(O)C(=O)O.O=C(O)O.O=CO.[H-].[K+]. The summed E-state index contributed by atoms with van der Waals surface area (Å²) in [5.41, 5.74) is 0. The van der Waals surface area contributed by atoms with Gasteiger partial charge in [0.15, 0.2) is 0 Å². The second-order valence-electron chi connectivity index (χ2n) is 0.998. The van der Waals surface area contributed by atoms with E-state index in [1.807, 2.05) is 0 Å². The summed E-state index contributed by atoms with van der Waals surface area (Å²) in [6.45, 7) is -0.250. The van der Waals surface area contributed by atoms with E-state index >= 15 is 0 Å². The van der Waals surface area contributed by atoms with E-state index in [2.05, 4.69) is 0 Å². The first kappa shape index (κ1) is 23.3. The quantitative estimate of drug-likeness (QED) is 0.161. The topological polar surface area (TPSA) is 169 Å². The van der Waals surface area contributed by atoms with Gasteiger partial charge < -0.3 is 27.0 Å². The summed E-state index contributed by atoms with van der Waals surface area (Å²) in [6.07, 6.45) is -1.83. The predicted molar refractivity (Wildman–Crippen MR) is 35.7 cm³/mol. The van der Waals surface area contributed by atoms with Crippen LogP contribution in [0.1, 0.15) is 1.43 Å². The third-order valence-corrected chi connectivity index (χ3v) is 0.183. The van der Waals surface area contributed by atoms with E-state index in [0.29, 0.717) is 0 Å². The van der Waals surface area contributed by atoms with Gasteiger partial charge in [-0.05, 0) is 0 Å². The van der Waals surface area contributed by atoms with Crippen molar-refractivity contribution < 1.29 is 97.5 Å². The molecule has 5 N–H and O–H groups in total. The van der Waals surface area contributed by atoms with Gasteiger partial charge in [-0.3, -0.25) is 4.79 Å². The summed E-state index contributed by atoms with van der Waals surface area (Å²) in [5.74, 6) is -3.65. The minimum absolute atomic E-state index is 0. The van der Waals surface area contributed by atoms with Crippen molar-refractivity contribution in [2.24, 2.45) is 0 Å². The normalized spacial score (nSPS) is 5.71. The molecule has 0 atom stereocenters. The van der Waals surface area contributed by atoms with E-state index in [4.69, 9.17) is 44.7 Å². The molecule has 0 aliphatic heterocycles. The molecule has 0 unspecified atom stereocenters. The van der Waals surface area contributed by atoms with Crippen molar-refractivity contribution in [3.63, 3.8) is 0 Å². The first-order chi connectivity index (χ1) is 5.79. The maximum absolute atomic E-state index is 9.10. The number of hydrogen-bond donors (Lipinski definition) is 5. The largest absolute Gasteiger partial charge is 1.00 e. The van der Waals surface area contributed by atoms with Crippen molar-refractivity contribution >= 4 is 24.6 Å². The van der Waals surface area contributed by atoms with Gasteiger partial charge in [0.1, 0.15) is 0 Å². The predicted octanol–water partition coefficient (Wildman–Crippen LogP) is -3.80. The van der Waals surface area contributed by atoms with Crippen molar-refractivity contribution in [3.8, 4) is 0 Å². The Hall–Kier alpha value is -0.684. The van der Waals surface area contributed by atoms with Gasteiger partial charge in [0.05, 0.1) is 0 Å². The van der Waals surface area contributed by atoms with Gasteiger partial charge in [0.25, 0.3) is 6.47 Å². The van der Waals surface area contributed by atoms with E-state index in [1.165, 1.54) is 0 Å². The number of hydrogen-bond acceptors (Lipinski definition) is 4. The molecule has 0 heterocycles. The van der Waals surface area contributed by atoms with Crippen LogP contribution in [0.5, 0.6) is 0 Å². The molecule has 0 aliphatic rings. The number of carboxylic acid groups (broad SMARTS) is 5. The Balaban J connectivity index is -0.0000000332. The molecule has 0 amide bonds. The Kier molecular flexibility index (Phi) is 30.2. The molecular formula is C4H7KO9. The fourth-order valence-corrected chi connectivity index (χ4v) is 0. The maximum atomic E-state index is 9.10. The molecule has 0 bridgehead atoms. The van der Waals surface area contributed by atoms with Crippen LogP contribution in [0.2, 0.25) is 0 Å². The van der Waals surface area contributed by atoms with Gasteiger partial charge in [-0.2, -0.15) is 0 Å². The first-order valence-electron chi connectivity index (χ1n) is 2.25. The van der Waals surface area contributed by atoms with Crippen LogP contribution in [0.3, 0.4) is 0 Å². The second-order valence-corrected chi connectivity index (χ2v) is 0.998. The molecule has 9 nitrogen and oxygen atoms in total. The zero-order chi connectivity index (χ0) is 11.4. The first-order valence-corrected chi connectivity index (χ1v) is 2.25. The molecule has 0 radical (unpaired) electrons. The van der Waals surface area contributed by atoms with Crippen LogP contribution >= 0.6 is 0 Å². The average molecular weight is 238 g/mol. The molecular weight excluding hydrogens is 231 g/mol. The van der Waals surface area contributed by atoms with E-state index in [9.17, 15) is 0 Å². The minimum Gasteiger partial charge on any atom is -1.00 e. The fraction of sp³-hybridized carbons (Fsp3) is 0. The Morgan fingerprint density at radius 3 is 1.00 bits per heavy atom. The Labute approximate surface area is 121 Å². The Morgan fingerprint density at radius 1 is 0.929 bits per heavy atom. The molecule has 0 spiro atoms. The van der Waals surface area contributed by atoms with Gasteiger partial charge >= 0.3 is 69.5 Å². The molecule has 78 valence electrons. The van der Waals surface area contributed by atoms with Crippen LogP contribution < -0.4 is 51.4 Å². The second kappa shape index (κ2) is 18.2. The van der Waals surface area contributed by atoms with Gasteiger partial charge in [-0.15, -0.1) is 0 Å². The van der Waals surface area contributed by atoms with Crippen LogP contribution in [0.25, 0.3) is 0 Å². The summed E-state index contributed by atoms with van der Waals surface area (Å²) in [7, 11) is 0. The number of rotatable bonds is 0. The van der Waals surface area contributed by atoms with Crippen molar-refractivity contribution in [3.05, 3.63) is 0 Å². The molecule has 0 aromatic carbocycles. The Morgan fingerprint density at radius 2 is 1.00 bits per heavy atom. The van der Waals surface area contributed by atoms with E-state index in [-0.39, 0.29) is 59.3 Å². The molecule has 0 saturated carbocycles. The van der Waals surface area contributed by atoms with Crippen LogP contribution in [-0.4, -0.2) is 50.1 Å². The third-order valence-electron chi connectivity index (χ3n) is 0.183. The number of carbonyl (C=O) groups is 4. The van der Waals surface area contributed by atoms with Crippen LogP contribution in [0.15, 0.2) is 0 Å². The van der Waals surface area contributed by atoms with Crippen molar-refractivity contribution in [2.75, 3.05) is 0 Å². The number of aliphatic carboxylic acids is 2. The smallest absolute Gasteiger partial charge is 1.00 e. The molecule has 0 fully saturated rings. The van der Waals surface area contributed by atoms with Crippen LogP contribution in [0.4, 0.5) is 4.79 Å². The van der Waals surface area contributed by atoms with Crippen molar-refractivity contribution in [1.29, 1.82) is 0 Å². The number of carboxylic acids is 2. The summed E-state index contributed by atoms with van der Waals surface area (Å²) >= 11 is 0. The van der Waals surface area contributed by atoms with Crippen LogP contribution in [-0.2, 0) is 14.4 Å². The summed E-state index contributed by atoms with van der Waals surface area (Å²) in [5, 5.41) is 35.6. The van der Waals surface area contributed by atoms with Crippen molar-refractivity contribution in [1.82, 2.24) is 0 Å². The van der Waals surface area contributed by atoms with E-state index < -0.39 is 18.1 Å². The van der Waals surface area contributed by atoms with E-state index in [1.54, 1.807) is 0 Å². The molecule has 0 aliphatic carbocycles. The fourth-order valence-electron chi connectivity index (χ4n) is 0. The standard InChI is InChI=1S/C2H2O4.CH2O3.CH2O2.K.H/c3-1(4)2(5)6;2-1(3)4;2-1-3;;/h(H,3,4)(H,5,6);(H2,2,3,4);1H,(H,2,3);;/q;;;+1;-1.